The SMILES string of the molecule is COc1cc(NC2CCC(Oc3cc(N4CCOCC4)cc4nccnc34)CC2)nc(C)n1. The Bertz CT molecular complexity index is 1100. The topological polar surface area (TPSA) is 94.5 Å². The Morgan fingerprint density at radius 1 is 1.00 bits per heavy atom. The molecule has 9 nitrogen and oxygen atoms in total. The van der Waals surface area contributed by atoms with Gasteiger partial charge in [-0.2, -0.15) is 4.98 Å². The number of aromatic nitrogens is 4. The molecule has 1 aliphatic heterocycles. The number of hydrogen-bond donors (Lipinski definition) is 1. The van der Waals surface area contributed by atoms with E-state index >= 15 is 0 Å². The Hall–Kier alpha value is -3.20. The number of nitrogens with one attached hydrogen (secondary N) is 1. The van der Waals surface area contributed by atoms with Gasteiger partial charge < -0.3 is 24.4 Å². The van der Waals surface area contributed by atoms with Gasteiger partial charge in [0.25, 0.3) is 0 Å². The highest BCUT2D eigenvalue weighted by molar-refractivity contribution is 5.85. The molecule has 0 bridgehead atoms. The van der Waals surface area contributed by atoms with Crippen molar-refractivity contribution in [1.29, 1.82) is 0 Å². The second kappa shape index (κ2) is 9.74. The summed E-state index contributed by atoms with van der Waals surface area (Å²) < 4.78 is 17.3. The molecular formula is C24H30N6O3. The summed E-state index contributed by atoms with van der Waals surface area (Å²) in [5.74, 6) is 2.90. The van der Waals surface area contributed by atoms with Crippen LogP contribution in [-0.2, 0) is 4.74 Å². The predicted molar refractivity (Wildman–Crippen MR) is 126 cm³/mol. The van der Waals surface area contributed by atoms with E-state index in [1.165, 1.54) is 0 Å². The molecule has 1 N–H and O–H groups in total. The van der Waals surface area contributed by atoms with E-state index in [1.807, 2.05) is 13.0 Å². The van der Waals surface area contributed by atoms with Crippen molar-refractivity contribution in [2.24, 2.45) is 0 Å². The number of benzene rings is 1. The molecular weight excluding hydrogens is 420 g/mol. The van der Waals surface area contributed by atoms with Crippen LogP contribution in [-0.4, -0.2) is 65.5 Å². The first kappa shape index (κ1) is 21.6. The third-order valence-electron chi connectivity index (χ3n) is 6.24. The first-order chi connectivity index (χ1) is 16.2. The molecule has 174 valence electrons. The predicted octanol–water partition coefficient (Wildman–Crippen LogP) is 3.38. The van der Waals surface area contributed by atoms with Crippen LogP contribution in [0.3, 0.4) is 0 Å². The minimum absolute atomic E-state index is 0.148. The molecule has 2 aliphatic rings. The van der Waals surface area contributed by atoms with Gasteiger partial charge in [0.2, 0.25) is 5.88 Å². The van der Waals surface area contributed by atoms with Crippen molar-refractivity contribution >= 4 is 22.5 Å². The Labute approximate surface area is 193 Å². The maximum Gasteiger partial charge on any atom is 0.218 e. The number of hydrogen-bond acceptors (Lipinski definition) is 9. The van der Waals surface area contributed by atoms with E-state index in [9.17, 15) is 0 Å². The van der Waals surface area contributed by atoms with Gasteiger partial charge in [0.1, 0.15) is 22.9 Å². The molecule has 3 aromatic rings. The van der Waals surface area contributed by atoms with Crippen molar-refractivity contribution in [3.63, 3.8) is 0 Å². The Balaban J connectivity index is 1.26. The molecule has 33 heavy (non-hydrogen) atoms. The maximum absolute atomic E-state index is 6.52. The molecule has 3 heterocycles. The quantitative estimate of drug-likeness (QED) is 0.606. The van der Waals surface area contributed by atoms with Gasteiger partial charge in [0.15, 0.2) is 0 Å². The van der Waals surface area contributed by atoms with Crippen LogP contribution >= 0.6 is 0 Å². The molecule has 1 saturated heterocycles. The second-order valence-corrected chi connectivity index (χ2v) is 8.55. The molecule has 2 fully saturated rings. The zero-order chi connectivity index (χ0) is 22.6. The van der Waals surface area contributed by atoms with Crippen molar-refractivity contribution < 1.29 is 14.2 Å². The summed E-state index contributed by atoms with van der Waals surface area (Å²) >= 11 is 0. The summed E-state index contributed by atoms with van der Waals surface area (Å²) in [6, 6.07) is 6.40. The van der Waals surface area contributed by atoms with Crippen molar-refractivity contribution in [2.75, 3.05) is 43.6 Å². The van der Waals surface area contributed by atoms with E-state index in [1.54, 1.807) is 19.5 Å². The highest BCUT2D eigenvalue weighted by atomic mass is 16.5. The lowest BCUT2D eigenvalue weighted by molar-refractivity contribution is 0.122. The molecule has 2 aromatic heterocycles. The normalized spacial score (nSPS) is 21.1. The van der Waals surface area contributed by atoms with E-state index in [2.05, 4.69) is 42.3 Å². The van der Waals surface area contributed by atoms with Crippen LogP contribution in [0.5, 0.6) is 11.6 Å². The maximum atomic E-state index is 6.52. The zero-order valence-electron chi connectivity index (χ0n) is 19.2. The largest absolute Gasteiger partial charge is 0.488 e. The van der Waals surface area contributed by atoms with Gasteiger partial charge in [-0.25, -0.2) is 9.97 Å². The molecule has 9 heteroatoms. The lowest BCUT2D eigenvalue weighted by Gasteiger charge is -2.31. The minimum atomic E-state index is 0.148. The highest BCUT2D eigenvalue weighted by Gasteiger charge is 2.24. The molecule has 0 amide bonds. The molecule has 5 rings (SSSR count). The van der Waals surface area contributed by atoms with Crippen LogP contribution in [0.25, 0.3) is 11.0 Å². The fraction of sp³-hybridized carbons (Fsp3) is 0.500. The van der Waals surface area contributed by atoms with Gasteiger partial charge >= 0.3 is 0 Å². The number of rotatable bonds is 6. The van der Waals surface area contributed by atoms with Crippen molar-refractivity contribution in [3.05, 3.63) is 36.4 Å². The highest BCUT2D eigenvalue weighted by Crippen LogP contribution is 2.33. The summed E-state index contributed by atoms with van der Waals surface area (Å²) in [5, 5.41) is 3.54. The van der Waals surface area contributed by atoms with Gasteiger partial charge in [-0.15, -0.1) is 0 Å². The van der Waals surface area contributed by atoms with Crippen molar-refractivity contribution in [3.8, 4) is 11.6 Å². The molecule has 0 spiro atoms. The third kappa shape index (κ3) is 5.08. The second-order valence-electron chi connectivity index (χ2n) is 8.55. The van der Waals surface area contributed by atoms with E-state index in [0.717, 1.165) is 80.3 Å². The first-order valence-electron chi connectivity index (χ1n) is 11.6. The summed E-state index contributed by atoms with van der Waals surface area (Å²) in [7, 11) is 1.62. The molecule has 0 unspecified atom stereocenters. The van der Waals surface area contributed by atoms with Crippen LogP contribution < -0.4 is 19.7 Å². The minimum Gasteiger partial charge on any atom is -0.488 e. The van der Waals surface area contributed by atoms with Gasteiger partial charge in [-0.1, -0.05) is 0 Å². The van der Waals surface area contributed by atoms with Gasteiger partial charge in [0, 0.05) is 49.3 Å². The number of methoxy groups -OCH3 is 1. The monoisotopic (exact) mass is 450 g/mol. The Morgan fingerprint density at radius 3 is 2.58 bits per heavy atom. The Kier molecular flexibility index (Phi) is 6.39. The summed E-state index contributed by atoms with van der Waals surface area (Å²) in [5.41, 5.74) is 2.79. The smallest absolute Gasteiger partial charge is 0.218 e. The number of anilines is 2. The summed E-state index contributed by atoms with van der Waals surface area (Å²) in [4.78, 5) is 20.2. The zero-order valence-corrected chi connectivity index (χ0v) is 19.2. The van der Waals surface area contributed by atoms with Gasteiger partial charge in [0.05, 0.1) is 31.9 Å². The average Bonchev–Trinajstić information content (AvgIpc) is 2.85. The van der Waals surface area contributed by atoms with Crippen LogP contribution in [0.15, 0.2) is 30.6 Å². The Morgan fingerprint density at radius 2 is 1.79 bits per heavy atom. The van der Waals surface area contributed by atoms with Crippen molar-refractivity contribution in [2.45, 2.75) is 44.8 Å². The lowest BCUT2D eigenvalue weighted by atomic mass is 9.93. The van der Waals surface area contributed by atoms with Crippen LogP contribution in [0.4, 0.5) is 11.5 Å². The van der Waals surface area contributed by atoms with Gasteiger partial charge in [-0.3, -0.25) is 4.98 Å². The van der Waals surface area contributed by atoms with Crippen LogP contribution in [0, 0.1) is 6.92 Å². The molecule has 0 atom stereocenters. The number of aryl methyl sites for hydroxylation is 1. The van der Waals surface area contributed by atoms with Crippen LogP contribution in [0.2, 0.25) is 0 Å². The van der Waals surface area contributed by atoms with E-state index in [4.69, 9.17) is 14.2 Å². The summed E-state index contributed by atoms with van der Waals surface area (Å²) in [6.07, 6.45) is 7.53. The third-order valence-corrected chi connectivity index (χ3v) is 6.24. The van der Waals surface area contributed by atoms with Crippen molar-refractivity contribution in [1.82, 2.24) is 19.9 Å². The number of ether oxygens (including phenoxy) is 3. The standard InChI is InChI=1S/C24H30N6O3/c1-16-27-22(15-23(28-16)31-2)29-17-3-5-19(6-4-17)33-21-14-18(30-9-11-32-12-10-30)13-20-24(21)26-8-7-25-20/h7-8,13-15,17,19H,3-6,9-12H2,1-2H3,(H,27,28,29). The van der Waals surface area contributed by atoms with Crippen LogP contribution in [0.1, 0.15) is 31.5 Å². The van der Waals surface area contributed by atoms with Gasteiger partial charge in [-0.05, 0) is 38.7 Å². The van der Waals surface area contributed by atoms with E-state index in [0.29, 0.717) is 17.7 Å². The fourth-order valence-corrected chi connectivity index (χ4v) is 4.56. The molecule has 1 aromatic carbocycles. The van der Waals surface area contributed by atoms with E-state index < -0.39 is 0 Å². The number of morpholine rings is 1. The molecule has 0 radical (unpaired) electrons. The summed E-state index contributed by atoms with van der Waals surface area (Å²) in [6.45, 7) is 5.09. The fourth-order valence-electron chi connectivity index (χ4n) is 4.56. The molecule has 1 aliphatic carbocycles. The lowest BCUT2D eigenvalue weighted by Crippen LogP contribution is -2.36. The number of fused-ring (bicyclic) bond motifs is 1. The number of nitrogens with zero attached hydrogens (tertiary/aromatic N) is 5. The van der Waals surface area contributed by atoms with E-state index in [-0.39, 0.29) is 6.10 Å². The first-order valence-corrected chi connectivity index (χ1v) is 11.6. The average molecular weight is 451 g/mol. The molecule has 1 saturated carbocycles.